The van der Waals surface area contributed by atoms with Crippen LogP contribution in [0.3, 0.4) is 0 Å². The predicted molar refractivity (Wildman–Crippen MR) is 111 cm³/mol. The highest BCUT2D eigenvalue weighted by Crippen LogP contribution is 2.40. The van der Waals surface area contributed by atoms with Gasteiger partial charge in [0.25, 0.3) is 0 Å². The number of aryl methyl sites for hydroxylation is 1. The van der Waals surface area contributed by atoms with Gasteiger partial charge in [0.05, 0.1) is 30.1 Å². The first kappa shape index (κ1) is 18.7. The normalized spacial score (nSPS) is 14.1. The summed E-state index contributed by atoms with van der Waals surface area (Å²) in [6.07, 6.45) is 7.22. The van der Waals surface area contributed by atoms with Crippen LogP contribution in [0.4, 0.5) is 17.1 Å². The van der Waals surface area contributed by atoms with Crippen molar-refractivity contribution in [1.82, 2.24) is 14.8 Å². The summed E-state index contributed by atoms with van der Waals surface area (Å²) in [7, 11) is 3.28. The highest BCUT2D eigenvalue weighted by Gasteiger charge is 2.25. The third kappa shape index (κ3) is 3.71. The van der Waals surface area contributed by atoms with E-state index in [1.807, 2.05) is 25.5 Å². The van der Waals surface area contributed by atoms with Crippen molar-refractivity contribution in [2.75, 3.05) is 43.1 Å². The third-order valence-electron chi connectivity index (χ3n) is 5.14. The number of hydrogen-bond donors (Lipinski definition) is 0. The van der Waals surface area contributed by atoms with E-state index in [2.05, 4.69) is 25.9 Å². The van der Waals surface area contributed by atoms with Crippen molar-refractivity contribution in [3.05, 3.63) is 59.2 Å². The van der Waals surface area contributed by atoms with Crippen LogP contribution < -0.4 is 14.5 Å². The van der Waals surface area contributed by atoms with Crippen LogP contribution >= 0.6 is 0 Å². The van der Waals surface area contributed by atoms with Crippen molar-refractivity contribution in [3.8, 4) is 16.9 Å². The van der Waals surface area contributed by atoms with Crippen molar-refractivity contribution in [1.29, 1.82) is 0 Å². The van der Waals surface area contributed by atoms with E-state index < -0.39 is 4.92 Å². The Hall–Kier alpha value is -3.62. The number of ether oxygens (including phenoxy) is 1. The quantitative estimate of drug-likeness (QED) is 0.485. The lowest BCUT2D eigenvalue weighted by Crippen LogP contribution is -2.46. The molecule has 0 spiro atoms. The molecule has 4 rings (SSSR count). The molecule has 1 fully saturated rings. The highest BCUT2D eigenvalue weighted by molar-refractivity contribution is 5.82. The van der Waals surface area contributed by atoms with Gasteiger partial charge in [0, 0.05) is 74.6 Å². The van der Waals surface area contributed by atoms with Gasteiger partial charge in [-0.05, 0) is 12.1 Å². The minimum Gasteiger partial charge on any atom is -0.490 e. The smallest absolute Gasteiger partial charge is 0.311 e. The molecule has 1 aromatic carbocycles. The lowest BCUT2D eigenvalue weighted by atomic mass is 10.0. The molecule has 3 heterocycles. The molecule has 9 nitrogen and oxygen atoms in total. The molecule has 0 unspecified atom stereocenters. The lowest BCUT2D eigenvalue weighted by Gasteiger charge is -2.38. The summed E-state index contributed by atoms with van der Waals surface area (Å²) in [6.45, 7) is 3.22. The van der Waals surface area contributed by atoms with Crippen LogP contribution in [-0.2, 0) is 7.05 Å². The average molecular weight is 394 g/mol. The lowest BCUT2D eigenvalue weighted by molar-refractivity contribution is -0.385. The molecule has 9 heteroatoms. The number of anilines is 2. The molecular weight excluding hydrogens is 372 g/mol. The molecule has 150 valence electrons. The number of piperazine rings is 1. The zero-order chi connectivity index (χ0) is 20.4. The Morgan fingerprint density at radius 3 is 2.48 bits per heavy atom. The van der Waals surface area contributed by atoms with Gasteiger partial charge in [0.2, 0.25) is 0 Å². The van der Waals surface area contributed by atoms with Gasteiger partial charge < -0.3 is 14.5 Å². The number of benzene rings is 1. The van der Waals surface area contributed by atoms with E-state index >= 15 is 0 Å². The number of rotatable bonds is 5. The number of nitro benzene ring substituents is 1. The Kier molecular flexibility index (Phi) is 5.03. The average Bonchev–Trinajstić information content (AvgIpc) is 3.19. The molecule has 29 heavy (non-hydrogen) atoms. The molecule has 0 atom stereocenters. The van der Waals surface area contributed by atoms with E-state index in [9.17, 15) is 10.1 Å². The second-order valence-corrected chi connectivity index (χ2v) is 6.89. The molecule has 3 aromatic rings. The van der Waals surface area contributed by atoms with E-state index in [-0.39, 0.29) is 11.4 Å². The summed E-state index contributed by atoms with van der Waals surface area (Å²) in [5.41, 5.74) is 3.57. The van der Waals surface area contributed by atoms with Crippen LogP contribution in [0.5, 0.6) is 5.75 Å². The molecular formula is C20H22N6O3. The maximum absolute atomic E-state index is 11.5. The summed E-state index contributed by atoms with van der Waals surface area (Å²) in [6, 6.07) is 7.33. The van der Waals surface area contributed by atoms with Crippen molar-refractivity contribution in [2.45, 2.75) is 0 Å². The van der Waals surface area contributed by atoms with Crippen LogP contribution in [0.15, 0.2) is 49.1 Å². The van der Waals surface area contributed by atoms with Gasteiger partial charge in [-0.2, -0.15) is 5.10 Å². The van der Waals surface area contributed by atoms with Gasteiger partial charge in [0.1, 0.15) is 0 Å². The Morgan fingerprint density at radius 2 is 1.90 bits per heavy atom. The van der Waals surface area contributed by atoms with Gasteiger partial charge in [-0.3, -0.25) is 19.8 Å². The van der Waals surface area contributed by atoms with E-state index in [1.165, 1.54) is 7.11 Å². The van der Waals surface area contributed by atoms with E-state index in [0.717, 1.165) is 48.7 Å². The molecule has 0 saturated carbocycles. The predicted octanol–water partition coefficient (Wildman–Crippen LogP) is 2.73. The molecule has 1 aliphatic rings. The standard InChI is InChI=1S/C20H22N6O3/c1-23-14-15(12-22-23)17-10-19(26(27)28)20(29-2)11-18(17)25-8-6-24(7-9-25)16-4-3-5-21-13-16/h3-5,10-14H,6-9H2,1-2H3. The maximum Gasteiger partial charge on any atom is 0.311 e. The summed E-state index contributed by atoms with van der Waals surface area (Å²) >= 11 is 0. The van der Waals surface area contributed by atoms with Gasteiger partial charge in [-0.25, -0.2) is 0 Å². The van der Waals surface area contributed by atoms with Crippen LogP contribution in [-0.4, -0.2) is 53.0 Å². The number of aromatic nitrogens is 3. The second-order valence-electron chi connectivity index (χ2n) is 6.89. The van der Waals surface area contributed by atoms with Gasteiger partial charge >= 0.3 is 5.69 Å². The SMILES string of the molecule is COc1cc(N2CCN(c3cccnc3)CC2)c(-c2cnn(C)c2)cc1[N+](=O)[O-]. The van der Waals surface area contributed by atoms with Crippen molar-refractivity contribution >= 4 is 17.1 Å². The van der Waals surface area contributed by atoms with E-state index in [1.54, 1.807) is 29.2 Å². The Labute approximate surface area is 168 Å². The first-order valence-corrected chi connectivity index (χ1v) is 9.32. The van der Waals surface area contributed by atoms with Crippen molar-refractivity contribution in [2.24, 2.45) is 7.05 Å². The van der Waals surface area contributed by atoms with Crippen molar-refractivity contribution < 1.29 is 9.66 Å². The number of nitrogens with zero attached hydrogens (tertiary/aromatic N) is 6. The molecule has 0 amide bonds. The summed E-state index contributed by atoms with van der Waals surface area (Å²) < 4.78 is 7.01. The minimum absolute atomic E-state index is 0.0518. The van der Waals surface area contributed by atoms with Crippen LogP contribution in [0.25, 0.3) is 11.1 Å². The molecule has 0 bridgehead atoms. The zero-order valence-electron chi connectivity index (χ0n) is 16.4. The highest BCUT2D eigenvalue weighted by atomic mass is 16.6. The minimum atomic E-state index is -0.414. The number of pyridine rings is 1. The molecule has 0 N–H and O–H groups in total. The van der Waals surface area contributed by atoms with E-state index in [0.29, 0.717) is 0 Å². The van der Waals surface area contributed by atoms with Gasteiger partial charge in [-0.1, -0.05) is 0 Å². The fourth-order valence-corrected chi connectivity index (χ4v) is 3.66. The molecule has 1 aliphatic heterocycles. The number of nitro groups is 1. The van der Waals surface area contributed by atoms with Crippen LogP contribution in [0.1, 0.15) is 0 Å². The summed E-state index contributed by atoms with van der Waals surface area (Å²) in [5.74, 6) is 0.257. The third-order valence-corrected chi connectivity index (χ3v) is 5.14. The molecule has 2 aromatic heterocycles. The summed E-state index contributed by atoms with van der Waals surface area (Å²) in [5, 5.41) is 15.8. The molecule has 0 radical (unpaired) electrons. The number of methoxy groups -OCH3 is 1. The zero-order valence-corrected chi connectivity index (χ0v) is 16.4. The fraction of sp³-hybridized carbons (Fsp3) is 0.300. The van der Waals surface area contributed by atoms with Gasteiger partial charge in [-0.15, -0.1) is 0 Å². The Bertz CT molecular complexity index is 1010. The Morgan fingerprint density at radius 1 is 1.14 bits per heavy atom. The van der Waals surface area contributed by atoms with Crippen molar-refractivity contribution in [3.63, 3.8) is 0 Å². The topological polar surface area (TPSA) is 89.6 Å². The first-order chi connectivity index (χ1) is 14.1. The molecule has 0 aliphatic carbocycles. The van der Waals surface area contributed by atoms with Gasteiger partial charge in [0.15, 0.2) is 5.75 Å². The van der Waals surface area contributed by atoms with Crippen LogP contribution in [0.2, 0.25) is 0 Å². The maximum atomic E-state index is 11.5. The molecule has 1 saturated heterocycles. The second kappa shape index (κ2) is 7.78. The Balaban J connectivity index is 1.68. The number of hydrogen-bond acceptors (Lipinski definition) is 7. The van der Waals surface area contributed by atoms with Crippen LogP contribution in [0, 0.1) is 10.1 Å². The first-order valence-electron chi connectivity index (χ1n) is 9.32. The summed E-state index contributed by atoms with van der Waals surface area (Å²) in [4.78, 5) is 19.8. The monoisotopic (exact) mass is 394 g/mol. The largest absolute Gasteiger partial charge is 0.490 e. The van der Waals surface area contributed by atoms with E-state index in [4.69, 9.17) is 4.74 Å². The fourth-order valence-electron chi connectivity index (χ4n) is 3.66.